The van der Waals surface area contributed by atoms with Crippen LogP contribution in [0, 0.1) is 0 Å². The summed E-state index contributed by atoms with van der Waals surface area (Å²) in [6.07, 6.45) is 3.56. The summed E-state index contributed by atoms with van der Waals surface area (Å²) in [5, 5.41) is 13.3. The number of aliphatic hydroxyl groups is 1. The number of carbonyl (C=O) groups excluding carboxylic acids is 1. The monoisotopic (exact) mass is 126 g/mol. The van der Waals surface area contributed by atoms with Crippen LogP contribution in [0.15, 0.2) is 24.4 Å². The molecule has 0 atom stereocenters. The summed E-state index contributed by atoms with van der Waals surface area (Å²) in [5.41, 5.74) is 0. The normalized spacial score (nSPS) is 21.3. The zero-order chi connectivity index (χ0) is 6.69. The Hall–Kier alpha value is -1.45. The van der Waals surface area contributed by atoms with Crippen molar-refractivity contribution in [3.8, 4) is 0 Å². The Morgan fingerprint density at radius 3 is 2.89 bits per heavy atom. The average Bonchev–Trinajstić information content (AvgIpc) is 1.88. The Morgan fingerprint density at radius 1 is 1.67 bits per heavy atom. The fourth-order valence-corrected chi connectivity index (χ4v) is 0.487. The molecule has 1 rings (SSSR count). The van der Waals surface area contributed by atoms with Gasteiger partial charge in [-0.1, -0.05) is 0 Å². The first kappa shape index (κ1) is 5.68. The molecule has 0 spiro atoms. The molecule has 1 aliphatic heterocycles. The topological polar surface area (TPSA) is 61.4 Å². The molecule has 1 aliphatic rings. The van der Waals surface area contributed by atoms with E-state index in [0.717, 1.165) is 6.26 Å². The minimum Gasteiger partial charge on any atom is -0.512 e. The third-order valence-corrected chi connectivity index (χ3v) is 0.861. The molecule has 0 radical (unpaired) electrons. The lowest BCUT2D eigenvalue weighted by Crippen LogP contribution is -2.31. The Bertz CT molecular complexity index is 183. The first-order valence-electron chi connectivity index (χ1n) is 2.41. The molecule has 1 heterocycles. The van der Waals surface area contributed by atoms with E-state index in [0.29, 0.717) is 5.82 Å². The molecule has 3 N–H and O–H groups in total. The van der Waals surface area contributed by atoms with Gasteiger partial charge in [-0.15, -0.1) is 0 Å². The molecule has 0 aromatic carbocycles. The van der Waals surface area contributed by atoms with Crippen molar-refractivity contribution in [1.29, 1.82) is 0 Å². The molecule has 0 unspecified atom stereocenters. The predicted octanol–water partition coefficient (Wildman–Crippen LogP) is -0.424. The van der Waals surface area contributed by atoms with Crippen LogP contribution < -0.4 is 10.6 Å². The molecule has 0 fully saturated rings. The molecule has 48 valence electrons. The van der Waals surface area contributed by atoms with Crippen LogP contribution in [0.25, 0.3) is 0 Å². The van der Waals surface area contributed by atoms with E-state index in [1.165, 1.54) is 12.3 Å². The number of carbonyl (C=O) groups is 1. The molecule has 4 heteroatoms. The van der Waals surface area contributed by atoms with Gasteiger partial charge in [-0.25, -0.2) is 0 Å². The van der Waals surface area contributed by atoms with Crippen molar-refractivity contribution in [3.63, 3.8) is 0 Å². The van der Waals surface area contributed by atoms with Gasteiger partial charge in [0.1, 0.15) is 12.1 Å². The van der Waals surface area contributed by atoms with Crippen molar-refractivity contribution in [2.45, 2.75) is 0 Å². The molecule has 4 nitrogen and oxygen atoms in total. The Balaban J connectivity index is 2.68. The number of rotatable bonds is 0. The van der Waals surface area contributed by atoms with E-state index in [2.05, 4.69) is 10.6 Å². The molecule has 1 amide bonds. The Labute approximate surface area is 51.9 Å². The van der Waals surface area contributed by atoms with Gasteiger partial charge in [-0.3, -0.25) is 4.79 Å². The van der Waals surface area contributed by atoms with E-state index in [4.69, 9.17) is 5.11 Å². The van der Waals surface area contributed by atoms with Crippen LogP contribution in [-0.4, -0.2) is 11.0 Å². The highest BCUT2D eigenvalue weighted by molar-refractivity contribution is 5.89. The maximum Gasteiger partial charge on any atom is 0.251 e. The van der Waals surface area contributed by atoms with Gasteiger partial charge in [0.2, 0.25) is 0 Å². The van der Waals surface area contributed by atoms with Gasteiger partial charge in [0.25, 0.3) is 5.91 Å². The second-order valence-electron chi connectivity index (χ2n) is 1.51. The summed E-state index contributed by atoms with van der Waals surface area (Å²) >= 11 is 0. The van der Waals surface area contributed by atoms with Crippen molar-refractivity contribution in [2.24, 2.45) is 0 Å². The highest BCUT2D eigenvalue weighted by Crippen LogP contribution is 1.87. The summed E-state index contributed by atoms with van der Waals surface area (Å²) in [7, 11) is 0. The molecule has 0 saturated carbocycles. The molecule has 0 aromatic rings. The molecule has 0 bridgehead atoms. The SMILES string of the molecule is O=C1C=CN/C(=C/O)N1. The maximum atomic E-state index is 10.4. The smallest absolute Gasteiger partial charge is 0.251 e. The van der Waals surface area contributed by atoms with Gasteiger partial charge in [-0.05, 0) is 0 Å². The highest BCUT2D eigenvalue weighted by atomic mass is 16.2. The van der Waals surface area contributed by atoms with E-state index in [1.807, 2.05) is 0 Å². The zero-order valence-corrected chi connectivity index (χ0v) is 4.59. The average molecular weight is 126 g/mol. The quantitative estimate of drug-likeness (QED) is 0.386. The van der Waals surface area contributed by atoms with Gasteiger partial charge in [0, 0.05) is 12.3 Å². The van der Waals surface area contributed by atoms with Gasteiger partial charge in [0.15, 0.2) is 0 Å². The number of nitrogens with one attached hydrogen (secondary N) is 2. The predicted molar refractivity (Wildman–Crippen MR) is 31.1 cm³/mol. The molecule has 0 saturated heterocycles. The first-order valence-corrected chi connectivity index (χ1v) is 2.41. The lowest BCUT2D eigenvalue weighted by molar-refractivity contribution is -0.116. The minimum atomic E-state index is -0.242. The van der Waals surface area contributed by atoms with Crippen molar-refractivity contribution in [2.75, 3.05) is 0 Å². The van der Waals surface area contributed by atoms with Crippen molar-refractivity contribution >= 4 is 5.91 Å². The molecule has 0 aromatic heterocycles. The Kier molecular flexibility index (Phi) is 1.40. The van der Waals surface area contributed by atoms with E-state index < -0.39 is 0 Å². The van der Waals surface area contributed by atoms with E-state index in [1.54, 1.807) is 0 Å². The van der Waals surface area contributed by atoms with Crippen LogP contribution in [0.3, 0.4) is 0 Å². The van der Waals surface area contributed by atoms with Crippen molar-refractivity contribution in [3.05, 3.63) is 24.4 Å². The highest BCUT2D eigenvalue weighted by Gasteiger charge is 2.02. The standard InChI is InChI=1S/C5H6N2O2/c8-3-4-6-2-1-5(9)7-4/h1-3,6,8H,(H,7,9)/b4-3-. The van der Waals surface area contributed by atoms with Gasteiger partial charge < -0.3 is 15.7 Å². The lowest BCUT2D eigenvalue weighted by Gasteiger charge is -2.09. The van der Waals surface area contributed by atoms with E-state index in [-0.39, 0.29) is 5.91 Å². The summed E-state index contributed by atoms with van der Waals surface area (Å²) < 4.78 is 0. The van der Waals surface area contributed by atoms with Crippen molar-refractivity contribution < 1.29 is 9.90 Å². The third kappa shape index (κ3) is 1.22. The summed E-state index contributed by atoms with van der Waals surface area (Å²) in [6, 6.07) is 0. The number of aliphatic hydroxyl groups excluding tert-OH is 1. The lowest BCUT2D eigenvalue weighted by atomic mass is 10.5. The van der Waals surface area contributed by atoms with E-state index in [9.17, 15) is 4.79 Å². The third-order valence-electron chi connectivity index (χ3n) is 0.861. The van der Waals surface area contributed by atoms with Gasteiger partial charge in [-0.2, -0.15) is 0 Å². The van der Waals surface area contributed by atoms with Crippen LogP contribution in [0.4, 0.5) is 0 Å². The summed E-state index contributed by atoms with van der Waals surface area (Å²) in [5.74, 6) is 0.0524. The summed E-state index contributed by atoms with van der Waals surface area (Å²) in [6.45, 7) is 0. The number of hydrogen-bond donors (Lipinski definition) is 3. The van der Waals surface area contributed by atoms with Crippen LogP contribution in [0.5, 0.6) is 0 Å². The molecule has 9 heavy (non-hydrogen) atoms. The molecule has 0 aliphatic carbocycles. The first-order chi connectivity index (χ1) is 4.33. The van der Waals surface area contributed by atoms with Gasteiger partial charge >= 0.3 is 0 Å². The maximum absolute atomic E-state index is 10.4. The Morgan fingerprint density at radius 2 is 2.44 bits per heavy atom. The summed E-state index contributed by atoms with van der Waals surface area (Å²) in [4.78, 5) is 10.4. The van der Waals surface area contributed by atoms with Crippen LogP contribution in [0.2, 0.25) is 0 Å². The number of amides is 1. The fraction of sp³-hybridized carbons (Fsp3) is 0. The van der Waals surface area contributed by atoms with Crippen LogP contribution in [0.1, 0.15) is 0 Å². The van der Waals surface area contributed by atoms with Gasteiger partial charge in [0.05, 0.1) is 0 Å². The fourth-order valence-electron chi connectivity index (χ4n) is 0.487. The second kappa shape index (κ2) is 2.21. The molecular weight excluding hydrogens is 120 g/mol. The largest absolute Gasteiger partial charge is 0.512 e. The number of hydrogen-bond acceptors (Lipinski definition) is 3. The second-order valence-corrected chi connectivity index (χ2v) is 1.51. The molecular formula is C5H6N2O2. The van der Waals surface area contributed by atoms with E-state index >= 15 is 0 Å². The zero-order valence-electron chi connectivity index (χ0n) is 4.59. The van der Waals surface area contributed by atoms with Crippen LogP contribution >= 0.6 is 0 Å². The minimum absolute atomic E-state index is 0.242. The van der Waals surface area contributed by atoms with Crippen LogP contribution in [-0.2, 0) is 4.79 Å². The van der Waals surface area contributed by atoms with Crippen molar-refractivity contribution in [1.82, 2.24) is 10.6 Å².